The number of piperidine rings is 1. The molecule has 1 amide bonds. The number of rotatable bonds is 5. The lowest BCUT2D eigenvalue weighted by atomic mass is 9.96. The Labute approximate surface area is 122 Å². The minimum atomic E-state index is 0.135. The second kappa shape index (κ2) is 7.44. The average molecular weight is 274 g/mol. The Kier molecular flexibility index (Phi) is 5.60. The number of amides is 1. The van der Waals surface area contributed by atoms with Crippen molar-refractivity contribution in [2.75, 3.05) is 25.0 Å². The van der Waals surface area contributed by atoms with Gasteiger partial charge in [0.2, 0.25) is 5.91 Å². The smallest absolute Gasteiger partial charge is 0.228 e. The zero-order chi connectivity index (χ0) is 14.4. The molecule has 1 heterocycles. The van der Waals surface area contributed by atoms with Crippen LogP contribution >= 0.6 is 0 Å². The molecule has 0 bridgehead atoms. The van der Waals surface area contributed by atoms with Crippen LogP contribution in [0.15, 0.2) is 30.3 Å². The van der Waals surface area contributed by atoms with E-state index in [9.17, 15) is 4.79 Å². The molecule has 1 saturated heterocycles. The van der Waals surface area contributed by atoms with Crippen LogP contribution in [0.1, 0.15) is 33.1 Å². The zero-order valence-electron chi connectivity index (χ0n) is 12.6. The van der Waals surface area contributed by atoms with E-state index in [0.29, 0.717) is 0 Å². The van der Waals surface area contributed by atoms with Gasteiger partial charge in [-0.25, -0.2) is 0 Å². The van der Waals surface area contributed by atoms with Crippen LogP contribution in [0.5, 0.6) is 0 Å². The monoisotopic (exact) mass is 274 g/mol. The summed E-state index contributed by atoms with van der Waals surface area (Å²) in [6.07, 6.45) is 3.36. The van der Waals surface area contributed by atoms with Crippen LogP contribution in [-0.2, 0) is 4.79 Å². The Balaban J connectivity index is 1.83. The molecule has 1 fully saturated rings. The SMILES string of the molecule is CC(C)CCN1CCCC(C(=O)Nc2ccccc2)C1. The summed E-state index contributed by atoms with van der Waals surface area (Å²) in [5.41, 5.74) is 0.900. The van der Waals surface area contributed by atoms with Crippen molar-refractivity contribution >= 4 is 11.6 Å². The first-order chi connectivity index (χ1) is 9.65. The molecule has 0 spiro atoms. The quantitative estimate of drug-likeness (QED) is 0.892. The number of anilines is 1. The number of nitrogens with zero attached hydrogens (tertiary/aromatic N) is 1. The van der Waals surface area contributed by atoms with Crippen LogP contribution in [0.4, 0.5) is 5.69 Å². The molecule has 1 aromatic carbocycles. The van der Waals surface area contributed by atoms with Gasteiger partial charge in [-0.05, 0) is 50.4 Å². The number of hydrogen-bond donors (Lipinski definition) is 1. The fourth-order valence-electron chi connectivity index (χ4n) is 2.68. The predicted octanol–water partition coefficient (Wildman–Crippen LogP) is 3.38. The highest BCUT2D eigenvalue weighted by Crippen LogP contribution is 2.19. The van der Waals surface area contributed by atoms with Gasteiger partial charge in [0, 0.05) is 12.2 Å². The molecule has 0 aromatic heterocycles. The third-order valence-corrected chi connectivity index (χ3v) is 3.94. The maximum Gasteiger partial charge on any atom is 0.228 e. The highest BCUT2D eigenvalue weighted by atomic mass is 16.1. The number of benzene rings is 1. The minimum Gasteiger partial charge on any atom is -0.326 e. The molecule has 110 valence electrons. The normalized spacial score (nSPS) is 20.1. The van der Waals surface area contributed by atoms with E-state index in [1.165, 1.54) is 6.42 Å². The van der Waals surface area contributed by atoms with E-state index >= 15 is 0 Å². The molecule has 3 heteroatoms. The van der Waals surface area contributed by atoms with Gasteiger partial charge < -0.3 is 10.2 Å². The van der Waals surface area contributed by atoms with Crippen LogP contribution in [0.3, 0.4) is 0 Å². The van der Waals surface area contributed by atoms with Crippen molar-refractivity contribution in [3.8, 4) is 0 Å². The summed E-state index contributed by atoms with van der Waals surface area (Å²) >= 11 is 0. The first kappa shape index (κ1) is 15.0. The molecule has 1 aliphatic heterocycles. The molecule has 3 nitrogen and oxygen atoms in total. The summed E-state index contributed by atoms with van der Waals surface area (Å²) in [4.78, 5) is 14.8. The lowest BCUT2D eigenvalue weighted by Gasteiger charge is -2.32. The maximum absolute atomic E-state index is 12.3. The standard InChI is InChI=1S/C17H26N2O/c1-14(2)10-12-19-11-6-7-15(13-19)17(20)18-16-8-4-3-5-9-16/h3-5,8-9,14-15H,6-7,10-13H2,1-2H3,(H,18,20). The van der Waals surface area contributed by atoms with E-state index in [1.807, 2.05) is 30.3 Å². The lowest BCUT2D eigenvalue weighted by Crippen LogP contribution is -2.41. The fourth-order valence-corrected chi connectivity index (χ4v) is 2.68. The summed E-state index contributed by atoms with van der Waals surface area (Å²) in [5, 5.41) is 3.03. The van der Waals surface area contributed by atoms with Gasteiger partial charge in [-0.15, -0.1) is 0 Å². The molecule has 2 rings (SSSR count). The molecule has 1 atom stereocenters. The predicted molar refractivity (Wildman–Crippen MR) is 83.7 cm³/mol. The molecular weight excluding hydrogens is 248 g/mol. The van der Waals surface area contributed by atoms with Gasteiger partial charge in [-0.1, -0.05) is 32.0 Å². The number of nitrogens with one attached hydrogen (secondary N) is 1. The van der Waals surface area contributed by atoms with Gasteiger partial charge in [0.1, 0.15) is 0 Å². The van der Waals surface area contributed by atoms with Crippen molar-refractivity contribution in [2.45, 2.75) is 33.1 Å². The Hall–Kier alpha value is -1.35. The van der Waals surface area contributed by atoms with Gasteiger partial charge in [0.15, 0.2) is 0 Å². The van der Waals surface area contributed by atoms with E-state index in [0.717, 1.165) is 44.1 Å². The molecule has 1 aromatic rings. The van der Waals surface area contributed by atoms with E-state index in [2.05, 4.69) is 24.1 Å². The molecule has 1 aliphatic rings. The van der Waals surface area contributed by atoms with Gasteiger partial charge in [-0.2, -0.15) is 0 Å². The van der Waals surface area contributed by atoms with Crippen LogP contribution < -0.4 is 5.32 Å². The number of carbonyl (C=O) groups is 1. The van der Waals surface area contributed by atoms with Crippen LogP contribution in [-0.4, -0.2) is 30.4 Å². The van der Waals surface area contributed by atoms with Gasteiger partial charge in [0.05, 0.1) is 5.92 Å². The number of para-hydroxylation sites is 1. The molecule has 0 aliphatic carbocycles. The van der Waals surface area contributed by atoms with Crippen molar-refractivity contribution in [1.29, 1.82) is 0 Å². The largest absolute Gasteiger partial charge is 0.326 e. The summed E-state index contributed by atoms with van der Waals surface area (Å²) in [6.45, 7) is 7.67. The molecule has 1 unspecified atom stereocenters. The summed E-state index contributed by atoms with van der Waals surface area (Å²) < 4.78 is 0. The van der Waals surface area contributed by atoms with Crippen molar-refractivity contribution in [3.63, 3.8) is 0 Å². The average Bonchev–Trinajstić information content (AvgIpc) is 2.46. The second-order valence-electron chi connectivity index (χ2n) is 6.18. The Bertz CT molecular complexity index is 416. The third-order valence-electron chi connectivity index (χ3n) is 3.94. The van der Waals surface area contributed by atoms with Gasteiger partial charge in [0.25, 0.3) is 0 Å². The van der Waals surface area contributed by atoms with E-state index in [-0.39, 0.29) is 11.8 Å². The lowest BCUT2D eigenvalue weighted by molar-refractivity contribution is -0.121. The topological polar surface area (TPSA) is 32.3 Å². The molecule has 0 radical (unpaired) electrons. The van der Waals surface area contributed by atoms with Crippen LogP contribution in [0.2, 0.25) is 0 Å². The zero-order valence-corrected chi connectivity index (χ0v) is 12.6. The number of likely N-dealkylation sites (tertiary alicyclic amines) is 1. The first-order valence-electron chi connectivity index (χ1n) is 7.73. The van der Waals surface area contributed by atoms with Crippen molar-refractivity contribution < 1.29 is 4.79 Å². The molecule has 20 heavy (non-hydrogen) atoms. The van der Waals surface area contributed by atoms with Gasteiger partial charge in [-0.3, -0.25) is 4.79 Å². The fraction of sp³-hybridized carbons (Fsp3) is 0.588. The summed E-state index contributed by atoms with van der Waals surface area (Å²) in [6, 6.07) is 9.75. The van der Waals surface area contributed by atoms with Crippen molar-refractivity contribution in [1.82, 2.24) is 4.90 Å². The second-order valence-corrected chi connectivity index (χ2v) is 6.18. The number of carbonyl (C=O) groups excluding carboxylic acids is 1. The molecule has 0 saturated carbocycles. The van der Waals surface area contributed by atoms with Crippen molar-refractivity contribution in [3.05, 3.63) is 30.3 Å². The Morgan fingerprint density at radius 2 is 2.10 bits per heavy atom. The molecular formula is C17H26N2O. The summed E-state index contributed by atoms with van der Waals surface area (Å²) in [5.74, 6) is 1.04. The van der Waals surface area contributed by atoms with Crippen molar-refractivity contribution in [2.24, 2.45) is 11.8 Å². The third kappa shape index (κ3) is 4.64. The van der Waals surface area contributed by atoms with E-state index in [4.69, 9.17) is 0 Å². The van der Waals surface area contributed by atoms with E-state index in [1.54, 1.807) is 0 Å². The minimum absolute atomic E-state index is 0.135. The van der Waals surface area contributed by atoms with E-state index < -0.39 is 0 Å². The Morgan fingerprint density at radius 3 is 2.80 bits per heavy atom. The first-order valence-corrected chi connectivity index (χ1v) is 7.73. The maximum atomic E-state index is 12.3. The number of hydrogen-bond acceptors (Lipinski definition) is 2. The molecule has 1 N–H and O–H groups in total. The van der Waals surface area contributed by atoms with Crippen LogP contribution in [0.25, 0.3) is 0 Å². The highest BCUT2D eigenvalue weighted by molar-refractivity contribution is 5.92. The van der Waals surface area contributed by atoms with Crippen LogP contribution in [0, 0.1) is 11.8 Å². The Morgan fingerprint density at radius 1 is 1.35 bits per heavy atom. The summed E-state index contributed by atoms with van der Waals surface area (Å²) in [7, 11) is 0. The highest BCUT2D eigenvalue weighted by Gasteiger charge is 2.25. The van der Waals surface area contributed by atoms with Gasteiger partial charge >= 0.3 is 0 Å².